The number of hydrogen-bond acceptors (Lipinski definition) is 8. The van der Waals surface area contributed by atoms with Crippen LogP contribution in [0.3, 0.4) is 0 Å². The maximum absolute atomic E-state index is 13.5. The first-order valence-corrected chi connectivity index (χ1v) is 9.37. The third kappa shape index (κ3) is 6.02. The van der Waals surface area contributed by atoms with Gasteiger partial charge >= 0.3 is 24.2 Å². The van der Waals surface area contributed by atoms with Crippen molar-refractivity contribution in [3.8, 4) is 17.1 Å². The van der Waals surface area contributed by atoms with Gasteiger partial charge in [0.2, 0.25) is 5.82 Å². The van der Waals surface area contributed by atoms with E-state index in [2.05, 4.69) is 19.8 Å². The number of halogens is 6. The number of hydrogen-bond donors (Lipinski definition) is 0. The van der Waals surface area contributed by atoms with Gasteiger partial charge in [-0.1, -0.05) is 10.3 Å². The van der Waals surface area contributed by atoms with Gasteiger partial charge < -0.3 is 18.5 Å². The minimum atomic E-state index is -4.93. The van der Waals surface area contributed by atoms with Crippen LogP contribution in [0.25, 0.3) is 11.4 Å². The van der Waals surface area contributed by atoms with Crippen LogP contribution in [0.15, 0.2) is 33.3 Å². The average Bonchev–Trinajstić information content (AvgIpc) is 3.40. The van der Waals surface area contributed by atoms with Gasteiger partial charge in [0.25, 0.3) is 0 Å². The molecule has 3 rings (SSSR count). The Hall–Kier alpha value is -3.58. The Balaban J connectivity index is 1.67. The van der Waals surface area contributed by atoms with Crippen molar-refractivity contribution in [1.29, 1.82) is 0 Å². The monoisotopic (exact) mass is 479 g/mol. The first-order chi connectivity index (χ1) is 15.5. The number of aryl methyl sites for hydroxylation is 1. The van der Waals surface area contributed by atoms with E-state index in [0.29, 0.717) is 11.8 Å². The standard InChI is InChI=1S/C19H15F6N3O5/c1-2-30-16(29)13-9-11(32-27-13)4-3-7-31-14-6-5-10(8-12(14)18(20,21)22)15-26-17(33-28-15)19(23,24)25/h5-6,8-9H,2-4,7H2,1H3. The van der Waals surface area contributed by atoms with Crippen LogP contribution in [0.1, 0.15) is 41.0 Å². The van der Waals surface area contributed by atoms with E-state index in [9.17, 15) is 31.1 Å². The molecule has 0 fully saturated rings. The van der Waals surface area contributed by atoms with Crippen molar-refractivity contribution in [2.45, 2.75) is 32.1 Å². The molecule has 0 bridgehead atoms. The molecule has 14 heteroatoms. The van der Waals surface area contributed by atoms with Crippen LogP contribution in [0.5, 0.6) is 5.75 Å². The summed E-state index contributed by atoms with van der Waals surface area (Å²) in [6.45, 7) is 1.63. The minimum absolute atomic E-state index is 0.0298. The lowest BCUT2D eigenvalue weighted by atomic mass is 10.1. The van der Waals surface area contributed by atoms with E-state index in [4.69, 9.17) is 14.0 Å². The molecular weight excluding hydrogens is 464 g/mol. The highest BCUT2D eigenvalue weighted by Crippen LogP contribution is 2.39. The molecule has 0 saturated heterocycles. The highest BCUT2D eigenvalue weighted by Gasteiger charge is 2.39. The highest BCUT2D eigenvalue weighted by atomic mass is 19.4. The maximum atomic E-state index is 13.5. The van der Waals surface area contributed by atoms with Gasteiger partial charge in [-0.25, -0.2) is 4.79 Å². The fraction of sp³-hybridized carbons (Fsp3) is 0.368. The predicted molar refractivity (Wildman–Crippen MR) is 96.0 cm³/mol. The highest BCUT2D eigenvalue weighted by molar-refractivity contribution is 5.87. The first kappa shape index (κ1) is 24.1. The number of benzene rings is 1. The van der Waals surface area contributed by atoms with Gasteiger partial charge in [0.1, 0.15) is 11.5 Å². The third-order valence-electron chi connectivity index (χ3n) is 4.08. The molecule has 1 aromatic carbocycles. The summed E-state index contributed by atoms with van der Waals surface area (Å²) >= 11 is 0. The van der Waals surface area contributed by atoms with Gasteiger partial charge in [0.05, 0.1) is 18.8 Å². The van der Waals surface area contributed by atoms with E-state index in [1.54, 1.807) is 6.92 Å². The summed E-state index contributed by atoms with van der Waals surface area (Å²) in [6.07, 6.45) is -9.35. The van der Waals surface area contributed by atoms with Crippen molar-refractivity contribution in [3.05, 3.63) is 47.2 Å². The fourth-order valence-corrected chi connectivity index (χ4v) is 2.63. The number of alkyl halides is 6. The Kier molecular flexibility index (Phi) is 6.93. The fourth-order valence-electron chi connectivity index (χ4n) is 2.63. The van der Waals surface area contributed by atoms with Gasteiger partial charge in [-0.05, 0) is 31.5 Å². The second-order valence-electron chi connectivity index (χ2n) is 6.48. The lowest BCUT2D eigenvalue weighted by Gasteiger charge is -2.14. The van der Waals surface area contributed by atoms with Crippen LogP contribution in [0.2, 0.25) is 0 Å². The van der Waals surface area contributed by atoms with Crippen LogP contribution in [-0.4, -0.2) is 34.5 Å². The molecule has 0 unspecified atom stereocenters. The molecule has 2 aromatic heterocycles. The third-order valence-corrected chi connectivity index (χ3v) is 4.08. The summed E-state index contributed by atoms with van der Waals surface area (Å²) in [4.78, 5) is 14.6. The average molecular weight is 479 g/mol. The van der Waals surface area contributed by atoms with Gasteiger partial charge in [0.15, 0.2) is 5.69 Å². The van der Waals surface area contributed by atoms with Gasteiger partial charge in [-0.3, -0.25) is 0 Å². The molecule has 0 N–H and O–H groups in total. The van der Waals surface area contributed by atoms with Gasteiger partial charge in [0, 0.05) is 18.1 Å². The van der Waals surface area contributed by atoms with Crippen molar-refractivity contribution < 1.29 is 49.7 Å². The van der Waals surface area contributed by atoms with Crippen LogP contribution in [0, 0.1) is 0 Å². The smallest absolute Gasteiger partial charge is 0.471 e. The first-order valence-electron chi connectivity index (χ1n) is 9.37. The van der Waals surface area contributed by atoms with Crippen molar-refractivity contribution in [2.75, 3.05) is 13.2 Å². The maximum Gasteiger partial charge on any atom is 0.471 e. The Bertz CT molecular complexity index is 1110. The molecular formula is C19H15F6N3O5. The Labute approximate surface area is 181 Å². The van der Waals surface area contributed by atoms with Crippen molar-refractivity contribution in [2.24, 2.45) is 0 Å². The number of aromatic nitrogens is 3. The van der Waals surface area contributed by atoms with Crippen LogP contribution >= 0.6 is 0 Å². The van der Waals surface area contributed by atoms with E-state index in [1.165, 1.54) is 6.07 Å². The Morgan fingerprint density at radius 1 is 1.03 bits per heavy atom. The summed E-state index contributed by atoms with van der Waals surface area (Å²) in [5, 5.41) is 6.62. The molecule has 0 atom stereocenters. The number of ether oxygens (including phenoxy) is 2. The van der Waals surface area contributed by atoms with Crippen LogP contribution in [0.4, 0.5) is 26.3 Å². The van der Waals surface area contributed by atoms with Crippen molar-refractivity contribution >= 4 is 5.97 Å². The van der Waals surface area contributed by atoms with E-state index in [1.807, 2.05) is 0 Å². The molecule has 8 nitrogen and oxygen atoms in total. The number of carbonyl (C=O) groups excluding carboxylic acids is 1. The van der Waals surface area contributed by atoms with E-state index < -0.39 is 41.3 Å². The molecule has 0 saturated carbocycles. The second-order valence-corrected chi connectivity index (χ2v) is 6.48. The van der Waals surface area contributed by atoms with Gasteiger partial charge in [-0.15, -0.1) is 0 Å². The quantitative estimate of drug-likeness (QED) is 0.254. The molecule has 178 valence electrons. The van der Waals surface area contributed by atoms with Crippen molar-refractivity contribution in [3.63, 3.8) is 0 Å². The summed E-state index contributed by atoms with van der Waals surface area (Å²) < 4.78 is 97.1. The SMILES string of the molecule is CCOC(=O)c1cc(CCCOc2ccc(-c3noc(C(F)(F)F)n3)cc2C(F)(F)F)on1. The molecule has 0 aliphatic heterocycles. The molecule has 0 aliphatic rings. The lowest BCUT2D eigenvalue weighted by Crippen LogP contribution is -2.10. The molecule has 2 heterocycles. The number of rotatable bonds is 8. The summed E-state index contributed by atoms with van der Waals surface area (Å²) in [6, 6.07) is 3.96. The number of carbonyl (C=O) groups is 1. The normalized spacial score (nSPS) is 12.1. The molecule has 0 aliphatic carbocycles. The van der Waals surface area contributed by atoms with Gasteiger partial charge in [-0.2, -0.15) is 31.3 Å². The topological polar surface area (TPSA) is 100 Å². The molecule has 0 amide bonds. The molecule has 0 spiro atoms. The van der Waals surface area contributed by atoms with E-state index >= 15 is 0 Å². The number of nitrogens with zero attached hydrogens (tertiary/aromatic N) is 3. The predicted octanol–water partition coefficient (Wildman–Crippen LogP) is 4.95. The van der Waals surface area contributed by atoms with Crippen molar-refractivity contribution in [1.82, 2.24) is 15.3 Å². The zero-order valence-electron chi connectivity index (χ0n) is 16.8. The Morgan fingerprint density at radius 2 is 1.79 bits per heavy atom. The molecule has 33 heavy (non-hydrogen) atoms. The Morgan fingerprint density at radius 3 is 2.42 bits per heavy atom. The summed E-state index contributed by atoms with van der Waals surface area (Å²) in [5.41, 5.74) is -1.58. The zero-order chi connectivity index (χ0) is 24.2. The van der Waals surface area contributed by atoms with E-state index in [-0.39, 0.29) is 37.3 Å². The summed E-state index contributed by atoms with van der Waals surface area (Å²) in [7, 11) is 0. The minimum Gasteiger partial charge on any atom is -0.493 e. The van der Waals surface area contributed by atoms with Crippen LogP contribution < -0.4 is 4.74 Å². The lowest BCUT2D eigenvalue weighted by molar-refractivity contribution is -0.159. The molecule has 0 radical (unpaired) electrons. The second kappa shape index (κ2) is 9.50. The number of esters is 1. The largest absolute Gasteiger partial charge is 0.493 e. The summed E-state index contributed by atoms with van der Waals surface area (Å²) in [5.74, 6) is -3.21. The van der Waals surface area contributed by atoms with E-state index in [0.717, 1.165) is 12.1 Å². The molecule has 3 aromatic rings. The zero-order valence-corrected chi connectivity index (χ0v) is 16.8. The van der Waals surface area contributed by atoms with Crippen LogP contribution in [-0.2, 0) is 23.5 Å².